The quantitative estimate of drug-likeness (QED) is 0.583. The number of rotatable bonds is 2. The van der Waals surface area contributed by atoms with Crippen LogP contribution in [0.15, 0.2) is 30.3 Å². The summed E-state index contributed by atoms with van der Waals surface area (Å²) < 4.78 is 39.6. The van der Waals surface area contributed by atoms with Crippen molar-refractivity contribution in [3.63, 3.8) is 0 Å². The Bertz CT molecular complexity index is 621. The SMILES string of the molecule is Cc1cc(C=O)ccc1-c1cc(F)c(F)cc1F. The van der Waals surface area contributed by atoms with E-state index < -0.39 is 17.5 Å². The second-order valence-corrected chi connectivity index (χ2v) is 3.94. The molecule has 0 radical (unpaired) electrons. The van der Waals surface area contributed by atoms with Crippen molar-refractivity contribution < 1.29 is 18.0 Å². The van der Waals surface area contributed by atoms with Gasteiger partial charge in [-0.2, -0.15) is 0 Å². The van der Waals surface area contributed by atoms with E-state index in [0.29, 0.717) is 29.0 Å². The maximum absolute atomic E-state index is 13.6. The van der Waals surface area contributed by atoms with Crippen molar-refractivity contribution in [3.8, 4) is 11.1 Å². The van der Waals surface area contributed by atoms with Gasteiger partial charge in [-0.05, 0) is 30.2 Å². The summed E-state index contributed by atoms with van der Waals surface area (Å²) in [5.41, 5.74) is 1.46. The van der Waals surface area contributed by atoms with E-state index in [1.165, 1.54) is 12.1 Å². The lowest BCUT2D eigenvalue weighted by molar-refractivity contribution is 0.112. The molecule has 2 aromatic rings. The minimum Gasteiger partial charge on any atom is -0.298 e. The highest BCUT2D eigenvalue weighted by atomic mass is 19.2. The summed E-state index contributed by atoms with van der Waals surface area (Å²) in [6, 6.07) is 5.89. The van der Waals surface area contributed by atoms with E-state index in [-0.39, 0.29) is 5.56 Å². The van der Waals surface area contributed by atoms with Gasteiger partial charge in [0.25, 0.3) is 0 Å². The van der Waals surface area contributed by atoms with Gasteiger partial charge in [0.05, 0.1) is 0 Å². The lowest BCUT2D eigenvalue weighted by Crippen LogP contribution is -1.94. The molecule has 92 valence electrons. The van der Waals surface area contributed by atoms with E-state index >= 15 is 0 Å². The van der Waals surface area contributed by atoms with Gasteiger partial charge in [-0.15, -0.1) is 0 Å². The molecule has 2 rings (SSSR count). The Labute approximate surface area is 102 Å². The van der Waals surface area contributed by atoms with Crippen molar-refractivity contribution in [2.75, 3.05) is 0 Å². The number of carbonyl (C=O) groups excluding carboxylic acids is 1. The highest BCUT2D eigenvalue weighted by Gasteiger charge is 2.13. The summed E-state index contributed by atoms with van der Waals surface area (Å²) in [7, 11) is 0. The van der Waals surface area contributed by atoms with Crippen molar-refractivity contribution in [1.82, 2.24) is 0 Å². The van der Waals surface area contributed by atoms with Crippen LogP contribution in [0.25, 0.3) is 11.1 Å². The topological polar surface area (TPSA) is 17.1 Å². The van der Waals surface area contributed by atoms with Crippen LogP contribution in [0.2, 0.25) is 0 Å². The zero-order chi connectivity index (χ0) is 13.3. The Kier molecular flexibility index (Phi) is 3.19. The lowest BCUT2D eigenvalue weighted by atomic mass is 9.98. The molecule has 0 spiro atoms. The van der Waals surface area contributed by atoms with Crippen molar-refractivity contribution >= 4 is 6.29 Å². The van der Waals surface area contributed by atoms with Crippen molar-refractivity contribution in [2.45, 2.75) is 6.92 Å². The van der Waals surface area contributed by atoms with Crippen LogP contribution in [0, 0.1) is 24.4 Å². The van der Waals surface area contributed by atoms with E-state index in [4.69, 9.17) is 0 Å². The number of aldehydes is 1. The van der Waals surface area contributed by atoms with Crippen LogP contribution in [0.4, 0.5) is 13.2 Å². The van der Waals surface area contributed by atoms with Gasteiger partial charge in [0.1, 0.15) is 12.1 Å². The number of hydrogen-bond acceptors (Lipinski definition) is 1. The molecule has 18 heavy (non-hydrogen) atoms. The number of halogens is 3. The Morgan fingerprint density at radius 1 is 0.889 bits per heavy atom. The third-order valence-corrected chi connectivity index (χ3v) is 2.69. The summed E-state index contributed by atoms with van der Waals surface area (Å²) in [5, 5.41) is 0. The summed E-state index contributed by atoms with van der Waals surface area (Å²) in [6.07, 6.45) is 0.665. The molecule has 2 aromatic carbocycles. The molecule has 0 fully saturated rings. The summed E-state index contributed by atoms with van der Waals surface area (Å²) in [6.45, 7) is 1.67. The highest BCUT2D eigenvalue weighted by Crippen LogP contribution is 2.28. The van der Waals surface area contributed by atoms with E-state index in [9.17, 15) is 18.0 Å². The molecule has 0 aliphatic carbocycles. The first-order valence-corrected chi connectivity index (χ1v) is 5.23. The van der Waals surface area contributed by atoms with Crippen molar-refractivity contribution in [1.29, 1.82) is 0 Å². The van der Waals surface area contributed by atoms with E-state index in [2.05, 4.69) is 0 Å². The van der Waals surface area contributed by atoms with Crippen LogP contribution in [-0.4, -0.2) is 6.29 Å². The van der Waals surface area contributed by atoms with Crippen LogP contribution in [0.3, 0.4) is 0 Å². The molecule has 0 aromatic heterocycles. The second kappa shape index (κ2) is 4.64. The average Bonchev–Trinajstić information content (AvgIpc) is 2.34. The summed E-state index contributed by atoms with van der Waals surface area (Å²) in [5.74, 6) is -3.17. The molecule has 0 amide bonds. The van der Waals surface area contributed by atoms with Crippen LogP contribution >= 0.6 is 0 Å². The van der Waals surface area contributed by atoms with Gasteiger partial charge < -0.3 is 0 Å². The number of benzene rings is 2. The number of carbonyl (C=O) groups is 1. The molecule has 0 N–H and O–H groups in total. The molecule has 1 nitrogen and oxygen atoms in total. The Hall–Kier alpha value is -2.10. The standard InChI is InChI=1S/C14H9F3O/c1-8-4-9(7-18)2-3-10(8)11-5-13(16)14(17)6-12(11)15/h2-7H,1H3. The normalized spacial score (nSPS) is 10.4. The minimum absolute atomic E-state index is 0.0242. The third-order valence-electron chi connectivity index (χ3n) is 2.69. The Balaban J connectivity index is 2.62. The molecule has 0 heterocycles. The van der Waals surface area contributed by atoms with Gasteiger partial charge in [0, 0.05) is 17.2 Å². The van der Waals surface area contributed by atoms with E-state index in [0.717, 1.165) is 6.07 Å². The minimum atomic E-state index is -1.22. The first-order valence-electron chi connectivity index (χ1n) is 5.23. The van der Waals surface area contributed by atoms with Crippen LogP contribution < -0.4 is 0 Å². The fourth-order valence-corrected chi connectivity index (χ4v) is 1.79. The number of aryl methyl sites for hydroxylation is 1. The van der Waals surface area contributed by atoms with E-state index in [1.807, 2.05) is 0 Å². The molecule has 0 atom stereocenters. The molecule has 0 aliphatic heterocycles. The van der Waals surface area contributed by atoms with Gasteiger partial charge in [-0.3, -0.25) is 4.79 Å². The Morgan fingerprint density at radius 3 is 2.17 bits per heavy atom. The first-order chi connectivity index (χ1) is 8.52. The smallest absolute Gasteiger partial charge is 0.161 e. The first kappa shape index (κ1) is 12.4. The van der Waals surface area contributed by atoms with E-state index in [1.54, 1.807) is 13.0 Å². The van der Waals surface area contributed by atoms with Crippen molar-refractivity contribution in [2.24, 2.45) is 0 Å². The molecule has 0 aliphatic rings. The maximum Gasteiger partial charge on any atom is 0.161 e. The summed E-state index contributed by atoms with van der Waals surface area (Å²) in [4.78, 5) is 10.6. The monoisotopic (exact) mass is 250 g/mol. The van der Waals surface area contributed by atoms with Gasteiger partial charge in [0.15, 0.2) is 11.6 Å². The predicted octanol–water partition coefficient (Wildman–Crippen LogP) is 3.89. The third kappa shape index (κ3) is 2.14. The molecule has 0 bridgehead atoms. The largest absolute Gasteiger partial charge is 0.298 e. The zero-order valence-corrected chi connectivity index (χ0v) is 9.51. The second-order valence-electron chi connectivity index (χ2n) is 3.94. The van der Waals surface area contributed by atoms with Crippen molar-refractivity contribution in [3.05, 3.63) is 58.9 Å². The predicted molar refractivity (Wildman–Crippen MR) is 61.9 cm³/mol. The lowest BCUT2D eigenvalue weighted by Gasteiger charge is -2.08. The fraction of sp³-hybridized carbons (Fsp3) is 0.0714. The average molecular weight is 250 g/mol. The molecular formula is C14H9F3O. The molecule has 0 saturated carbocycles. The number of hydrogen-bond donors (Lipinski definition) is 0. The summed E-state index contributed by atoms with van der Waals surface area (Å²) >= 11 is 0. The van der Waals surface area contributed by atoms with Crippen LogP contribution in [0.1, 0.15) is 15.9 Å². The van der Waals surface area contributed by atoms with Crippen LogP contribution in [-0.2, 0) is 0 Å². The molecule has 4 heteroatoms. The Morgan fingerprint density at radius 2 is 1.56 bits per heavy atom. The fourth-order valence-electron chi connectivity index (χ4n) is 1.79. The molecular weight excluding hydrogens is 241 g/mol. The van der Waals surface area contributed by atoms with Gasteiger partial charge in [-0.1, -0.05) is 12.1 Å². The van der Waals surface area contributed by atoms with Gasteiger partial charge in [-0.25, -0.2) is 13.2 Å². The van der Waals surface area contributed by atoms with Gasteiger partial charge in [0.2, 0.25) is 0 Å². The highest BCUT2D eigenvalue weighted by molar-refractivity contribution is 5.78. The van der Waals surface area contributed by atoms with Gasteiger partial charge >= 0.3 is 0 Å². The maximum atomic E-state index is 13.6. The zero-order valence-electron chi connectivity index (χ0n) is 9.51. The molecule has 0 unspecified atom stereocenters. The van der Waals surface area contributed by atoms with Crippen LogP contribution in [0.5, 0.6) is 0 Å². The molecule has 0 saturated heterocycles.